The molecule has 1 saturated carbocycles. The van der Waals surface area contributed by atoms with Crippen LogP contribution in [-0.4, -0.2) is 30.9 Å². The molecule has 5 heteroatoms. The summed E-state index contributed by atoms with van der Waals surface area (Å²) in [6.45, 7) is 5.64. The largest absolute Gasteiger partial charge is 0.573 e. The number of benzene rings is 2. The van der Waals surface area contributed by atoms with Gasteiger partial charge >= 0.3 is 6.36 Å². The summed E-state index contributed by atoms with van der Waals surface area (Å²) < 4.78 is 41.1. The van der Waals surface area contributed by atoms with Gasteiger partial charge in [0.1, 0.15) is 5.75 Å². The average molecular weight is 388 g/mol. The van der Waals surface area contributed by atoms with Crippen molar-refractivity contribution in [2.45, 2.75) is 25.6 Å². The van der Waals surface area contributed by atoms with E-state index in [-0.39, 0.29) is 5.75 Å². The first-order chi connectivity index (χ1) is 13.4. The van der Waals surface area contributed by atoms with E-state index in [4.69, 9.17) is 0 Å². The number of alkyl halides is 3. The maximum Gasteiger partial charge on any atom is 0.573 e. The molecule has 2 fully saturated rings. The van der Waals surface area contributed by atoms with Crippen molar-refractivity contribution < 1.29 is 17.9 Å². The zero-order valence-corrected chi connectivity index (χ0v) is 15.9. The van der Waals surface area contributed by atoms with E-state index in [0.29, 0.717) is 11.8 Å². The van der Waals surface area contributed by atoms with Gasteiger partial charge in [0, 0.05) is 19.6 Å². The number of nitrogens with zero attached hydrogens (tertiary/aromatic N) is 1. The molecule has 0 amide bonds. The fraction of sp³-hybridized carbons (Fsp3) is 0.435. The molecule has 0 bridgehead atoms. The molecule has 3 unspecified atom stereocenters. The molecule has 0 aromatic heterocycles. The zero-order valence-electron chi connectivity index (χ0n) is 15.9. The summed E-state index contributed by atoms with van der Waals surface area (Å²) in [5, 5.41) is 0. The van der Waals surface area contributed by atoms with Crippen LogP contribution >= 0.6 is 0 Å². The predicted molar refractivity (Wildman–Crippen MR) is 103 cm³/mol. The van der Waals surface area contributed by atoms with E-state index in [9.17, 15) is 13.2 Å². The molecule has 2 aromatic carbocycles. The maximum absolute atomic E-state index is 12.4. The van der Waals surface area contributed by atoms with E-state index in [1.807, 2.05) is 18.6 Å². The molecular weight excluding hydrogens is 363 g/mol. The molecule has 4 rings (SSSR count). The SMILES string of the molecule is CC(CN1CC2C(C[CH]c3cccc(OC(F)(F)F)c3)C2C1)c1ccccc1. The van der Waals surface area contributed by atoms with Crippen LogP contribution in [0.5, 0.6) is 5.75 Å². The Kier molecular flexibility index (Phi) is 5.37. The minimum absolute atomic E-state index is 0.154. The fourth-order valence-corrected chi connectivity index (χ4v) is 4.62. The number of piperidine rings is 1. The van der Waals surface area contributed by atoms with E-state index in [1.54, 1.807) is 6.07 Å². The molecule has 1 aliphatic heterocycles. The van der Waals surface area contributed by atoms with E-state index in [2.05, 4.69) is 40.8 Å². The van der Waals surface area contributed by atoms with Crippen molar-refractivity contribution in [2.24, 2.45) is 17.8 Å². The fourth-order valence-electron chi connectivity index (χ4n) is 4.62. The van der Waals surface area contributed by atoms with E-state index < -0.39 is 6.36 Å². The quantitative estimate of drug-likeness (QED) is 0.620. The highest BCUT2D eigenvalue weighted by Gasteiger charge is 2.54. The number of halogens is 3. The van der Waals surface area contributed by atoms with Crippen molar-refractivity contribution in [3.8, 4) is 5.75 Å². The third kappa shape index (κ3) is 4.69. The molecule has 149 valence electrons. The second-order valence-electron chi connectivity index (χ2n) is 8.08. The normalized spacial score (nSPS) is 25.4. The Labute approximate surface area is 164 Å². The van der Waals surface area contributed by atoms with Crippen LogP contribution in [0, 0.1) is 24.2 Å². The number of likely N-dealkylation sites (tertiary alicyclic amines) is 1. The molecular formula is C23H25F3NO. The van der Waals surface area contributed by atoms with Crippen LogP contribution in [0.15, 0.2) is 54.6 Å². The predicted octanol–water partition coefficient (Wildman–Crippen LogP) is 5.51. The van der Waals surface area contributed by atoms with Crippen LogP contribution in [0.1, 0.15) is 30.4 Å². The highest BCUT2D eigenvalue weighted by molar-refractivity contribution is 5.33. The van der Waals surface area contributed by atoms with Crippen LogP contribution in [0.4, 0.5) is 13.2 Å². The lowest BCUT2D eigenvalue weighted by atomic mass is 10.0. The zero-order chi connectivity index (χ0) is 19.7. The Bertz CT molecular complexity index is 780. The van der Waals surface area contributed by atoms with Crippen LogP contribution in [0.25, 0.3) is 0 Å². The first-order valence-electron chi connectivity index (χ1n) is 9.85. The van der Waals surface area contributed by atoms with Gasteiger partial charge in [-0.1, -0.05) is 49.4 Å². The number of hydrogen-bond acceptors (Lipinski definition) is 2. The van der Waals surface area contributed by atoms with Gasteiger partial charge in [0.2, 0.25) is 0 Å². The van der Waals surface area contributed by atoms with Crippen molar-refractivity contribution >= 4 is 0 Å². The Morgan fingerprint density at radius 1 is 1.07 bits per heavy atom. The van der Waals surface area contributed by atoms with Gasteiger partial charge < -0.3 is 9.64 Å². The molecule has 28 heavy (non-hydrogen) atoms. The molecule has 3 atom stereocenters. The van der Waals surface area contributed by atoms with Crippen molar-refractivity contribution in [3.63, 3.8) is 0 Å². The van der Waals surface area contributed by atoms with E-state index in [1.165, 1.54) is 17.7 Å². The van der Waals surface area contributed by atoms with Crippen molar-refractivity contribution in [3.05, 3.63) is 72.1 Å². The van der Waals surface area contributed by atoms with Gasteiger partial charge in [-0.3, -0.25) is 0 Å². The van der Waals surface area contributed by atoms with Crippen LogP contribution < -0.4 is 4.74 Å². The summed E-state index contributed by atoms with van der Waals surface area (Å²) in [7, 11) is 0. The third-order valence-electron chi connectivity index (χ3n) is 6.07. The van der Waals surface area contributed by atoms with Crippen molar-refractivity contribution in [2.75, 3.05) is 19.6 Å². The summed E-state index contributed by atoms with van der Waals surface area (Å²) in [6.07, 6.45) is -1.68. The smallest absolute Gasteiger partial charge is 0.406 e. The van der Waals surface area contributed by atoms with Crippen molar-refractivity contribution in [1.82, 2.24) is 4.90 Å². The molecule has 0 N–H and O–H groups in total. The Morgan fingerprint density at radius 2 is 1.79 bits per heavy atom. The summed E-state index contributed by atoms with van der Waals surface area (Å²) in [4.78, 5) is 2.56. The molecule has 2 nitrogen and oxygen atoms in total. The Hall–Kier alpha value is -2.01. The van der Waals surface area contributed by atoms with Gasteiger partial charge in [-0.05, 0) is 59.8 Å². The van der Waals surface area contributed by atoms with Crippen molar-refractivity contribution in [1.29, 1.82) is 0 Å². The highest BCUT2D eigenvalue weighted by Crippen LogP contribution is 2.54. The maximum atomic E-state index is 12.4. The molecule has 1 radical (unpaired) electrons. The molecule has 0 spiro atoms. The molecule has 2 aromatic rings. The molecule has 1 saturated heterocycles. The summed E-state index contributed by atoms with van der Waals surface area (Å²) in [6, 6.07) is 16.8. The average Bonchev–Trinajstić information content (AvgIpc) is 3.11. The minimum atomic E-state index is -4.65. The monoisotopic (exact) mass is 388 g/mol. The summed E-state index contributed by atoms with van der Waals surface area (Å²) in [5.41, 5.74) is 2.18. The van der Waals surface area contributed by atoms with Gasteiger partial charge in [0.25, 0.3) is 0 Å². The first kappa shape index (κ1) is 19.3. The van der Waals surface area contributed by atoms with Gasteiger partial charge in [-0.25, -0.2) is 0 Å². The Morgan fingerprint density at radius 3 is 2.46 bits per heavy atom. The van der Waals surface area contributed by atoms with Gasteiger partial charge in [0.05, 0.1) is 0 Å². The molecule has 1 aliphatic carbocycles. The standard InChI is InChI=1S/C23H25F3NO/c1-16(18-7-3-2-4-8-18)13-27-14-21-20(22(21)15-27)11-10-17-6-5-9-19(12-17)28-23(24,25)26/h2-10,12,16,20-22H,11,13-15H2,1H3. The lowest BCUT2D eigenvalue weighted by Crippen LogP contribution is -2.28. The van der Waals surface area contributed by atoms with Gasteiger partial charge in [-0.2, -0.15) is 0 Å². The third-order valence-corrected chi connectivity index (χ3v) is 6.07. The summed E-state index contributed by atoms with van der Waals surface area (Å²) in [5.74, 6) is 2.50. The molecule has 1 heterocycles. The lowest BCUT2D eigenvalue weighted by Gasteiger charge is -2.23. The van der Waals surface area contributed by atoms with E-state index >= 15 is 0 Å². The number of rotatable bonds is 7. The van der Waals surface area contributed by atoms with Gasteiger partial charge in [0.15, 0.2) is 0 Å². The number of fused-ring (bicyclic) bond motifs is 1. The lowest BCUT2D eigenvalue weighted by molar-refractivity contribution is -0.274. The van der Waals surface area contributed by atoms with Crippen LogP contribution in [0.2, 0.25) is 0 Å². The summed E-state index contributed by atoms with van der Waals surface area (Å²) >= 11 is 0. The second-order valence-corrected chi connectivity index (χ2v) is 8.08. The highest BCUT2D eigenvalue weighted by atomic mass is 19.4. The number of ether oxygens (including phenoxy) is 1. The van der Waals surface area contributed by atoms with E-state index in [0.717, 1.165) is 43.5 Å². The minimum Gasteiger partial charge on any atom is -0.406 e. The topological polar surface area (TPSA) is 12.5 Å². The number of hydrogen-bond donors (Lipinski definition) is 0. The second kappa shape index (κ2) is 7.78. The Balaban J connectivity index is 1.22. The van der Waals surface area contributed by atoms with Crippen LogP contribution in [0.3, 0.4) is 0 Å². The van der Waals surface area contributed by atoms with Crippen LogP contribution in [-0.2, 0) is 0 Å². The first-order valence-corrected chi connectivity index (χ1v) is 9.85. The molecule has 2 aliphatic rings. The van der Waals surface area contributed by atoms with Gasteiger partial charge in [-0.15, -0.1) is 13.2 Å².